The van der Waals surface area contributed by atoms with Gasteiger partial charge in [-0.1, -0.05) is 43.6 Å². The molecule has 0 aliphatic heterocycles. The number of aliphatic carboxylic acids is 1. The van der Waals surface area contributed by atoms with Gasteiger partial charge in [0.2, 0.25) is 0 Å². The van der Waals surface area contributed by atoms with E-state index >= 15 is 0 Å². The molecule has 0 aliphatic rings. The maximum absolute atomic E-state index is 13.2. The van der Waals surface area contributed by atoms with E-state index < -0.39 is 17.7 Å². The zero-order chi connectivity index (χ0) is 29.2. The average molecular weight is 572 g/mol. The highest BCUT2D eigenvalue weighted by Gasteiger charge is 2.31. The number of carboxylic acids is 1. The molecule has 4 rings (SSSR count). The number of carboxylic acid groups (broad SMARTS) is 1. The third-order valence-corrected chi connectivity index (χ3v) is 6.96. The number of benzene rings is 3. The van der Waals surface area contributed by atoms with Gasteiger partial charge in [0.05, 0.1) is 28.6 Å². The van der Waals surface area contributed by atoms with Gasteiger partial charge in [-0.3, -0.25) is 14.3 Å². The lowest BCUT2D eigenvalue weighted by molar-refractivity contribution is -0.138. The molecule has 40 heavy (non-hydrogen) atoms. The third-order valence-electron chi connectivity index (χ3n) is 6.65. The van der Waals surface area contributed by atoms with Crippen LogP contribution in [-0.2, 0) is 11.0 Å². The van der Waals surface area contributed by atoms with Gasteiger partial charge in [0.25, 0.3) is 5.91 Å². The first-order valence-electron chi connectivity index (χ1n) is 12.8. The molecule has 0 radical (unpaired) electrons. The van der Waals surface area contributed by atoms with Crippen LogP contribution in [-0.4, -0.2) is 33.3 Å². The van der Waals surface area contributed by atoms with Crippen molar-refractivity contribution in [2.45, 2.75) is 45.8 Å². The maximum atomic E-state index is 13.2. The van der Waals surface area contributed by atoms with Gasteiger partial charge >= 0.3 is 12.1 Å². The highest BCUT2D eigenvalue weighted by atomic mass is 35.5. The molecule has 3 aromatic carbocycles. The molecule has 1 unspecified atom stereocenters. The Morgan fingerprint density at radius 2 is 1.75 bits per heavy atom. The number of alkyl halides is 3. The standard InChI is InChI=1S/C30H29ClF3N3O3/c1-17(2)12-27(19-4-6-20(7-5-19)29(40)35-11-10-28(38)39)37-16-21-14-24(25(31)15-26(21)36-37)23-9-8-22(13-18(23)3)30(32,33)34/h4-9,13-17,27H,10-12H2,1-3H3,(H,35,40)(H,38,39). The van der Waals surface area contributed by atoms with E-state index in [1.54, 1.807) is 25.1 Å². The van der Waals surface area contributed by atoms with E-state index in [-0.39, 0.29) is 24.9 Å². The minimum absolute atomic E-state index is 0.0440. The number of carbonyl (C=O) groups excluding carboxylic acids is 1. The quantitative estimate of drug-likeness (QED) is 0.217. The molecule has 0 saturated heterocycles. The van der Waals surface area contributed by atoms with Gasteiger partial charge in [-0.25, -0.2) is 0 Å². The monoisotopic (exact) mass is 571 g/mol. The zero-order valence-electron chi connectivity index (χ0n) is 22.2. The number of nitrogens with one attached hydrogen (secondary N) is 1. The molecule has 1 aromatic heterocycles. The second-order valence-corrected chi connectivity index (χ2v) is 10.6. The summed E-state index contributed by atoms with van der Waals surface area (Å²) < 4.78 is 41.3. The van der Waals surface area contributed by atoms with Crippen LogP contribution in [0.4, 0.5) is 13.2 Å². The smallest absolute Gasteiger partial charge is 0.416 e. The van der Waals surface area contributed by atoms with Crippen molar-refractivity contribution in [2.75, 3.05) is 6.54 Å². The summed E-state index contributed by atoms with van der Waals surface area (Å²) in [5.74, 6) is -1.01. The molecule has 1 heterocycles. The molecule has 4 aromatic rings. The van der Waals surface area contributed by atoms with Crippen molar-refractivity contribution < 1.29 is 27.9 Å². The van der Waals surface area contributed by atoms with Crippen LogP contribution < -0.4 is 5.32 Å². The lowest BCUT2D eigenvalue weighted by Gasteiger charge is -2.20. The van der Waals surface area contributed by atoms with E-state index in [2.05, 4.69) is 19.2 Å². The van der Waals surface area contributed by atoms with Gasteiger partial charge in [0, 0.05) is 29.3 Å². The fourth-order valence-electron chi connectivity index (χ4n) is 4.66. The van der Waals surface area contributed by atoms with Crippen LogP contribution in [0.1, 0.15) is 59.8 Å². The highest BCUT2D eigenvalue weighted by Crippen LogP contribution is 2.38. The van der Waals surface area contributed by atoms with Crippen LogP contribution in [0.2, 0.25) is 5.02 Å². The van der Waals surface area contributed by atoms with Crippen LogP contribution in [0.3, 0.4) is 0 Å². The van der Waals surface area contributed by atoms with Crippen molar-refractivity contribution in [2.24, 2.45) is 5.92 Å². The van der Waals surface area contributed by atoms with Crippen LogP contribution in [0.5, 0.6) is 0 Å². The van der Waals surface area contributed by atoms with E-state index in [0.29, 0.717) is 38.7 Å². The Hall–Kier alpha value is -3.85. The largest absolute Gasteiger partial charge is 0.481 e. The van der Waals surface area contributed by atoms with Crippen molar-refractivity contribution in [1.29, 1.82) is 0 Å². The summed E-state index contributed by atoms with van der Waals surface area (Å²) >= 11 is 6.59. The predicted octanol–water partition coefficient (Wildman–Crippen LogP) is 7.52. The van der Waals surface area contributed by atoms with E-state index in [4.69, 9.17) is 21.8 Å². The number of halogens is 4. The van der Waals surface area contributed by atoms with Gasteiger partial charge < -0.3 is 10.4 Å². The lowest BCUT2D eigenvalue weighted by atomic mass is 9.96. The molecule has 0 aliphatic carbocycles. The van der Waals surface area contributed by atoms with Crippen molar-refractivity contribution in [3.05, 3.63) is 88.1 Å². The molecule has 0 saturated carbocycles. The Kier molecular flexibility index (Phi) is 8.54. The zero-order valence-corrected chi connectivity index (χ0v) is 23.0. The SMILES string of the molecule is Cc1cc(C(F)(F)F)ccc1-c1cc2cn(C(CC(C)C)c3ccc(C(=O)NCCC(=O)O)cc3)nc2cc1Cl. The summed E-state index contributed by atoms with van der Waals surface area (Å²) in [5.41, 5.74) is 3.01. The Morgan fingerprint density at radius 3 is 2.35 bits per heavy atom. The second kappa shape index (κ2) is 11.7. The van der Waals surface area contributed by atoms with Gasteiger partial charge in [-0.05, 0) is 72.4 Å². The molecule has 0 bridgehead atoms. The number of hydrogen-bond acceptors (Lipinski definition) is 3. The summed E-state index contributed by atoms with van der Waals surface area (Å²) in [6.07, 6.45) is -1.92. The van der Waals surface area contributed by atoms with Crippen molar-refractivity contribution in [3.63, 3.8) is 0 Å². The number of nitrogens with zero attached hydrogens (tertiary/aromatic N) is 2. The van der Waals surface area contributed by atoms with Crippen molar-refractivity contribution in [3.8, 4) is 11.1 Å². The minimum atomic E-state index is -4.42. The number of carbonyl (C=O) groups is 2. The number of amides is 1. The molecular formula is C30H29ClF3N3O3. The topological polar surface area (TPSA) is 84.2 Å². The summed E-state index contributed by atoms with van der Waals surface area (Å²) in [6.45, 7) is 5.87. The Labute approximate surface area is 234 Å². The molecule has 1 amide bonds. The number of aromatic nitrogens is 2. The lowest BCUT2D eigenvalue weighted by Crippen LogP contribution is -2.26. The molecule has 0 fully saturated rings. The first-order chi connectivity index (χ1) is 18.8. The van der Waals surface area contributed by atoms with Crippen LogP contribution >= 0.6 is 11.6 Å². The van der Waals surface area contributed by atoms with Crippen LogP contribution in [0.15, 0.2) is 60.8 Å². The predicted molar refractivity (Wildman–Crippen MR) is 149 cm³/mol. The molecular weight excluding hydrogens is 543 g/mol. The maximum Gasteiger partial charge on any atom is 0.416 e. The summed E-state index contributed by atoms with van der Waals surface area (Å²) in [5, 5.41) is 17.3. The van der Waals surface area contributed by atoms with Crippen LogP contribution in [0, 0.1) is 12.8 Å². The number of rotatable bonds is 9. The Balaban J connectivity index is 1.65. The fraction of sp³-hybridized carbons (Fsp3) is 0.300. The minimum Gasteiger partial charge on any atom is -0.481 e. The molecule has 2 N–H and O–H groups in total. The van der Waals surface area contributed by atoms with Crippen molar-refractivity contribution >= 4 is 34.4 Å². The summed E-state index contributed by atoms with van der Waals surface area (Å²) in [7, 11) is 0. The van der Waals surface area contributed by atoms with Gasteiger partial charge in [-0.15, -0.1) is 0 Å². The van der Waals surface area contributed by atoms with Gasteiger partial charge in [0.15, 0.2) is 0 Å². The number of hydrogen-bond donors (Lipinski definition) is 2. The molecule has 0 spiro atoms. The van der Waals surface area contributed by atoms with Crippen LogP contribution in [0.25, 0.3) is 22.0 Å². The van der Waals surface area contributed by atoms with E-state index in [0.717, 1.165) is 29.5 Å². The molecule has 10 heteroatoms. The van der Waals surface area contributed by atoms with E-state index in [1.165, 1.54) is 6.07 Å². The normalized spacial score (nSPS) is 12.6. The molecule has 210 valence electrons. The first kappa shape index (κ1) is 29.1. The van der Waals surface area contributed by atoms with Crippen molar-refractivity contribution in [1.82, 2.24) is 15.1 Å². The first-order valence-corrected chi connectivity index (χ1v) is 13.2. The van der Waals surface area contributed by atoms with E-state index in [9.17, 15) is 22.8 Å². The summed E-state index contributed by atoms with van der Waals surface area (Å²) in [4.78, 5) is 23.0. The van der Waals surface area contributed by atoms with Gasteiger partial charge in [0.1, 0.15) is 0 Å². The number of aryl methyl sites for hydroxylation is 1. The molecule has 6 nitrogen and oxygen atoms in total. The summed E-state index contributed by atoms with van der Waals surface area (Å²) in [6, 6.07) is 14.1. The Morgan fingerprint density at radius 1 is 1.05 bits per heavy atom. The van der Waals surface area contributed by atoms with Gasteiger partial charge in [-0.2, -0.15) is 18.3 Å². The highest BCUT2D eigenvalue weighted by molar-refractivity contribution is 6.34. The Bertz CT molecular complexity index is 1550. The molecule has 1 atom stereocenters. The fourth-order valence-corrected chi connectivity index (χ4v) is 4.92. The third kappa shape index (κ3) is 6.65. The van der Waals surface area contributed by atoms with E-state index in [1.807, 2.05) is 29.1 Å². The number of fused-ring (bicyclic) bond motifs is 1. The average Bonchev–Trinajstić information content (AvgIpc) is 3.28. The second-order valence-electron chi connectivity index (χ2n) is 10.2.